The summed E-state index contributed by atoms with van der Waals surface area (Å²) < 4.78 is 5.11. The van der Waals surface area contributed by atoms with Crippen LogP contribution >= 0.6 is 11.3 Å². The molecule has 7 nitrogen and oxygen atoms in total. The van der Waals surface area contributed by atoms with Crippen LogP contribution in [-0.2, 0) is 11.2 Å². The fraction of sp³-hybridized carbons (Fsp3) is 0.222. The van der Waals surface area contributed by atoms with Gasteiger partial charge in [-0.3, -0.25) is 9.78 Å². The average Bonchev–Trinajstić information content (AvgIpc) is 3.03. The summed E-state index contributed by atoms with van der Waals surface area (Å²) in [4.78, 5) is 25.6. The summed E-state index contributed by atoms with van der Waals surface area (Å²) in [5.74, 6) is 0.183. The van der Waals surface area contributed by atoms with Gasteiger partial charge in [0.1, 0.15) is 10.8 Å². The van der Waals surface area contributed by atoms with Crippen LogP contribution < -0.4 is 10.6 Å². The lowest BCUT2D eigenvalue weighted by Crippen LogP contribution is -2.15. The zero-order valence-corrected chi connectivity index (χ0v) is 15.3. The molecule has 0 aliphatic carbocycles. The number of rotatable bonds is 7. The smallest absolute Gasteiger partial charge is 0.278 e. The molecule has 3 aromatic rings. The van der Waals surface area contributed by atoms with Crippen LogP contribution in [-0.4, -0.2) is 34.6 Å². The number of anilines is 3. The highest BCUT2D eigenvalue weighted by molar-refractivity contribution is 7.16. The number of thiazole rings is 1. The third-order valence-corrected chi connectivity index (χ3v) is 4.49. The van der Waals surface area contributed by atoms with E-state index in [-0.39, 0.29) is 5.91 Å². The number of carbonyl (C=O) groups excluding carboxylic acids is 1. The van der Waals surface area contributed by atoms with Crippen molar-refractivity contribution in [2.24, 2.45) is 0 Å². The minimum Gasteiger partial charge on any atom is -0.384 e. The summed E-state index contributed by atoms with van der Waals surface area (Å²) in [7, 11) is 1.64. The van der Waals surface area contributed by atoms with E-state index in [9.17, 15) is 4.79 Å². The lowest BCUT2D eigenvalue weighted by Gasteiger charge is -2.07. The Morgan fingerprint density at radius 1 is 1.23 bits per heavy atom. The number of hydrogen-bond acceptors (Lipinski definition) is 7. The van der Waals surface area contributed by atoms with Gasteiger partial charge in [0.25, 0.3) is 5.91 Å². The van der Waals surface area contributed by atoms with Crippen LogP contribution in [0.15, 0.2) is 42.7 Å². The van der Waals surface area contributed by atoms with E-state index in [1.165, 1.54) is 11.3 Å². The lowest BCUT2D eigenvalue weighted by atomic mass is 10.3. The summed E-state index contributed by atoms with van der Waals surface area (Å²) in [6, 6.07) is 9.17. The number of nitrogens with one attached hydrogen (secondary N) is 2. The van der Waals surface area contributed by atoms with Crippen molar-refractivity contribution in [3.05, 3.63) is 59.1 Å². The van der Waals surface area contributed by atoms with Crippen molar-refractivity contribution in [1.29, 1.82) is 0 Å². The molecule has 0 saturated carbocycles. The normalized spacial score (nSPS) is 10.5. The molecule has 0 radical (unpaired) electrons. The van der Waals surface area contributed by atoms with Gasteiger partial charge in [-0.2, -0.15) is 0 Å². The zero-order valence-electron chi connectivity index (χ0n) is 14.5. The summed E-state index contributed by atoms with van der Waals surface area (Å²) in [6.07, 6.45) is 4.02. The molecule has 0 aromatic carbocycles. The van der Waals surface area contributed by atoms with Crippen molar-refractivity contribution in [2.45, 2.75) is 13.3 Å². The van der Waals surface area contributed by atoms with Gasteiger partial charge in [-0.1, -0.05) is 6.07 Å². The molecule has 0 aliphatic heterocycles. The van der Waals surface area contributed by atoms with Crippen LogP contribution in [0.5, 0.6) is 0 Å². The average molecular weight is 369 g/mol. The monoisotopic (exact) mass is 369 g/mol. The Morgan fingerprint density at radius 2 is 2.12 bits per heavy atom. The van der Waals surface area contributed by atoms with Crippen LogP contribution in [0.3, 0.4) is 0 Å². The Hall–Kier alpha value is -2.84. The maximum Gasteiger partial charge on any atom is 0.278 e. The predicted molar refractivity (Wildman–Crippen MR) is 102 cm³/mol. The highest BCUT2D eigenvalue weighted by Crippen LogP contribution is 2.29. The van der Waals surface area contributed by atoms with Crippen molar-refractivity contribution in [3.8, 4) is 0 Å². The van der Waals surface area contributed by atoms with Crippen molar-refractivity contribution in [3.63, 3.8) is 0 Å². The first-order chi connectivity index (χ1) is 12.7. The van der Waals surface area contributed by atoms with Gasteiger partial charge in [0.05, 0.1) is 23.5 Å². The molecular weight excluding hydrogens is 350 g/mol. The van der Waals surface area contributed by atoms with E-state index < -0.39 is 0 Å². The number of amides is 1. The molecule has 3 rings (SSSR count). The van der Waals surface area contributed by atoms with Gasteiger partial charge in [0, 0.05) is 25.4 Å². The van der Waals surface area contributed by atoms with Gasteiger partial charge in [0.15, 0.2) is 5.69 Å². The summed E-state index contributed by atoms with van der Waals surface area (Å²) in [5.41, 5.74) is 1.95. The van der Waals surface area contributed by atoms with Crippen molar-refractivity contribution < 1.29 is 9.53 Å². The second-order valence-electron chi connectivity index (χ2n) is 5.51. The number of methoxy groups -OCH3 is 1. The van der Waals surface area contributed by atoms with E-state index in [0.29, 0.717) is 29.5 Å². The largest absolute Gasteiger partial charge is 0.384 e. The number of pyridine rings is 2. The number of hydrogen-bond donors (Lipinski definition) is 2. The van der Waals surface area contributed by atoms with E-state index in [1.807, 2.05) is 31.2 Å². The molecule has 134 valence electrons. The van der Waals surface area contributed by atoms with Gasteiger partial charge in [-0.05, 0) is 31.2 Å². The second-order valence-corrected chi connectivity index (χ2v) is 6.60. The number of aryl methyl sites for hydroxylation is 1. The SMILES string of the molecule is COCCc1nc(C(=O)Nc2cccc(C)n2)c(Nc2cccnc2)s1. The Bertz CT molecular complexity index is 882. The van der Waals surface area contributed by atoms with Crippen molar-refractivity contribution >= 4 is 33.8 Å². The Morgan fingerprint density at radius 3 is 2.85 bits per heavy atom. The first kappa shape index (κ1) is 18.0. The van der Waals surface area contributed by atoms with E-state index in [1.54, 1.807) is 25.6 Å². The van der Waals surface area contributed by atoms with E-state index in [4.69, 9.17) is 4.74 Å². The molecule has 0 fully saturated rings. The molecule has 8 heteroatoms. The molecule has 2 N–H and O–H groups in total. The van der Waals surface area contributed by atoms with Gasteiger partial charge in [-0.25, -0.2) is 9.97 Å². The molecule has 1 amide bonds. The minimum absolute atomic E-state index is 0.311. The van der Waals surface area contributed by atoms with E-state index >= 15 is 0 Å². The van der Waals surface area contributed by atoms with Gasteiger partial charge >= 0.3 is 0 Å². The summed E-state index contributed by atoms with van der Waals surface area (Å²) >= 11 is 1.43. The molecule has 0 unspecified atom stereocenters. The fourth-order valence-electron chi connectivity index (χ4n) is 2.26. The molecule has 26 heavy (non-hydrogen) atoms. The maximum atomic E-state index is 12.7. The first-order valence-electron chi connectivity index (χ1n) is 8.06. The molecule has 0 atom stereocenters. The van der Waals surface area contributed by atoms with E-state index in [0.717, 1.165) is 16.4 Å². The molecule has 3 heterocycles. The molecule has 0 aliphatic rings. The number of ether oxygens (including phenoxy) is 1. The summed E-state index contributed by atoms with van der Waals surface area (Å²) in [5, 5.41) is 7.50. The van der Waals surface area contributed by atoms with E-state index in [2.05, 4.69) is 25.6 Å². The third-order valence-electron chi connectivity index (χ3n) is 3.46. The number of carbonyl (C=O) groups is 1. The summed E-state index contributed by atoms with van der Waals surface area (Å²) in [6.45, 7) is 2.41. The van der Waals surface area contributed by atoms with Crippen LogP contribution in [0.2, 0.25) is 0 Å². The van der Waals surface area contributed by atoms with Crippen molar-refractivity contribution in [1.82, 2.24) is 15.0 Å². The van der Waals surface area contributed by atoms with Crippen LogP contribution in [0.25, 0.3) is 0 Å². The van der Waals surface area contributed by atoms with Crippen molar-refractivity contribution in [2.75, 3.05) is 24.4 Å². The quantitative estimate of drug-likeness (QED) is 0.663. The molecule has 0 bridgehead atoms. The number of aromatic nitrogens is 3. The second kappa shape index (κ2) is 8.50. The third kappa shape index (κ3) is 4.62. The predicted octanol–water partition coefficient (Wildman–Crippen LogP) is 3.43. The highest BCUT2D eigenvalue weighted by Gasteiger charge is 2.19. The number of nitrogens with zero attached hydrogens (tertiary/aromatic N) is 3. The first-order valence-corrected chi connectivity index (χ1v) is 8.88. The lowest BCUT2D eigenvalue weighted by molar-refractivity contribution is 0.102. The Kier molecular flexibility index (Phi) is 5.88. The topological polar surface area (TPSA) is 89.0 Å². The maximum absolute atomic E-state index is 12.7. The molecule has 3 aromatic heterocycles. The van der Waals surface area contributed by atoms with Gasteiger partial charge < -0.3 is 15.4 Å². The minimum atomic E-state index is -0.311. The van der Waals surface area contributed by atoms with Crippen LogP contribution in [0, 0.1) is 6.92 Å². The molecular formula is C18H19N5O2S. The molecule has 0 spiro atoms. The Balaban J connectivity index is 1.85. The molecule has 0 saturated heterocycles. The van der Waals surface area contributed by atoms with Crippen LogP contribution in [0.4, 0.5) is 16.5 Å². The zero-order chi connectivity index (χ0) is 18.4. The fourth-order valence-corrected chi connectivity index (χ4v) is 3.22. The van der Waals surface area contributed by atoms with Gasteiger partial charge in [0.2, 0.25) is 0 Å². The Labute approximate surface area is 155 Å². The van der Waals surface area contributed by atoms with Crippen LogP contribution in [0.1, 0.15) is 21.2 Å². The highest BCUT2D eigenvalue weighted by atomic mass is 32.1. The standard InChI is InChI=1S/C18H19N5O2S/c1-12-5-3-7-14(20-12)22-17(24)16-18(21-13-6-4-9-19-11-13)26-15(23-16)8-10-25-2/h3-7,9,11,21H,8,10H2,1-2H3,(H,20,22,24). The van der Waals surface area contributed by atoms with Gasteiger partial charge in [-0.15, -0.1) is 11.3 Å².